The van der Waals surface area contributed by atoms with E-state index in [9.17, 15) is 13.6 Å². The first-order valence-electron chi connectivity index (χ1n) is 6.13. The molecule has 0 aliphatic rings. The minimum atomic E-state index is -0.826. The average Bonchev–Trinajstić information content (AvgIpc) is 2.41. The number of nitrogens with one attached hydrogen (secondary N) is 2. The first kappa shape index (κ1) is 15.6. The Kier molecular flexibility index (Phi) is 4.79. The van der Waals surface area contributed by atoms with Gasteiger partial charge in [-0.15, -0.1) is 0 Å². The highest BCUT2D eigenvalue weighted by molar-refractivity contribution is 5.93. The Morgan fingerprint density at radius 1 is 1.45 bits per heavy atom. The van der Waals surface area contributed by atoms with E-state index in [1.54, 1.807) is 0 Å². The molecule has 0 atom stereocenters. The molecular formula is C13H13F2N5O2. The first-order chi connectivity index (χ1) is 10.5. The Morgan fingerprint density at radius 2 is 2.23 bits per heavy atom. The van der Waals surface area contributed by atoms with Crippen molar-refractivity contribution in [1.82, 2.24) is 9.97 Å². The molecule has 9 heteroatoms. The highest BCUT2D eigenvalue weighted by Crippen LogP contribution is 2.14. The standard InChI is InChI=1S/C13H13F2N5O2/c1-22-6-8-5-11(21)19-13(17-8)20-12(16)18-10-3-2-7(14)4-9(10)15/h2-5H,6H2,1H3,(H4,16,17,18,19,20,21). The van der Waals surface area contributed by atoms with E-state index in [2.05, 4.69) is 20.3 Å². The number of guanidine groups is 1. The highest BCUT2D eigenvalue weighted by Gasteiger charge is 2.06. The van der Waals surface area contributed by atoms with Gasteiger partial charge in [0.25, 0.3) is 5.56 Å². The second kappa shape index (κ2) is 6.76. The normalized spacial score (nSPS) is 11.5. The number of H-pyrrole nitrogens is 1. The van der Waals surface area contributed by atoms with Crippen molar-refractivity contribution in [1.29, 1.82) is 0 Å². The fourth-order valence-electron chi connectivity index (χ4n) is 1.64. The molecule has 1 heterocycles. The molecule has 116 valence electrons. The van der Waals surface area contributed by atoms with Crippen LogP contribution in [0.2, 0.25) is 0 Å². The highest BCUT2D eigenvalue weighted by atomic mass is 19.1. The lowest BCUT2D eigenvalue weighted by Gasteiger charge is -2.06. The van der Waals surface area contributed by atoms with Crippen molar-refractivity contribution in [2.24, 2.45) is 10.7 Å². The number of rotatable bonds is 4. The van der Waals surface area contributed by atoms with Crippen molar-refractivity contribution in [3.8, 4) is 0 Å². The topological polar surface area (TPSA) is 105 Å². The molecule has 0 unspecified atom stereocenters. The van der Waals surface area contributed by atoms with E-state index in [1.165, 1.54) is 19.2 Å². The van der Waals surface area contributed by atoms with E-state index in [0.29, 0.717) is 11.8 Å². The molecule has 0 aliphatic carbocycles. The molecule has 4 N–H and O–H groups in total. The van der Waals surface area contributed by atoms with Gasteiger partial charge in [0.1, 0.15) is 11.6 Å². The molecule has 0 saturated carbocycles. The van der Waals surface area contributed by atoms with Crippen LogP contribution in [0.3, 0.4) is 0 Å². The van der Waals surface area contributed by atoms with Gasteiger partial charge in [0.2, 0.25) is 11.9 Å². The van der Waals surface area contributed by atoms with Gasteiger partial charge in [0.05, 0.1) is 18.0 Å². The maximum atomic E-state index is 13.5. The molecule has 0 aliphatic heterocycles. The summed E-state index contributed by atoms with van der Waals surface area (Å²) in [6.07, 6.45) is 0. The van der Waals surface area contributed by atoms with Crippen LogP contribution in [0.5, 0.6) is 0 Å². The van der Waals surface area contributed by atoms with E-state index < -0.39 is 17.2 Å². The van der Waals surface area contributed by atoms with Crippen LogP contribution in [-0.4, -0.2) is 23.0 Å². The number of aliphatic imine (C=N–C) groups is 1. The van der Waals surface area contributed by atoms with Gasteiger partial charge in [-0.3, -0.25) is 9.78 Å². The van der Waals surface area contributed by atoms with Crippen molar-refractivity contribution in [3.05, 3.63) is 51.9 Å². The third kappa shape index (κ3) is 4.09. The number of nitrogens with two attached hydrogens (primary N) is 1. The van der Waals surface area contributed by atoms with Gasteiger partial charge < -0.3 is 15.8 Å². The fourth-order valence-corrected chi connectivity index (χ4v) is 1.64. The zero-order chi connectivity index (χ0) is 16.1. The van der Waals surface area contributed by atoms with Crippen LogP contribution < -0.4 is 16.6 Å². The van der Waals surface area contributed by atoms with E-state index in [4.69, 9.17) is 10.5 Å². The summed E-state index contributed by atoms with van der Waals surface area (Å²) < 4.78 is 31.1. The van der Waals surface area contributed by atoms with E-state index in [1.807, 2.05) is 0 Å². The molecule has 0 amide bonds. The van der Waals surface area contributed by atoms with Gasteiger partial charge in [-0.25, -0.2) is 13.8 Å². The SMILES string of the molecule is COCc1cc(=O)[nH]c(/N=C(/N)Nc2ccc(F)cc2F)n1. The lowest BCUT2D eigenvalue weighted by atomic mass is 10.3. The van der Waals surface area contributed by atoms with Crippen LogP contribution in [0.25, 0.3) is 0 Å². The average molecular weight is 309 g/mol. The number of anilines is 1. The Balaban J connectivity index is 2.23. The third-order valence-electron chi connectivity index (χ3n) is 2.49. The van der Waals surface area contributed by atoms with E-state index >= 15 is 0 Å². The van der Waals surface area contributed by atoms with Crippen molar-refractivity contribution < 1.29 is 13.5 Å². The smallest absolute Gasteiger partial charge is 0.252 e. The zero-order valence-electron chi connectivity index (χ0n) is 11.6. The summed E-state index contributed by atoms with van der Waals surface area (Å²) in [6.45, 7) is 0.131. The summed E-state index contributed by atoms with van der Waals surface area (Å²) in [5.41, 5.74) is 5.48. The summed E-state index contributed by atoms with van der Waals surface area (Å²) in [7, 11) is 1.46. The first-order valence-corrected chi connectivity index (χ1v) is 6.13. The minimum Gasteiger partial charge on any atom is -0.378 e. The molecule has 0 bridgehead atoms. The van der Waals surface area contributed by atoms with E-state index in [0.717, 1.165) is 6.07 Å². The van der Waals surface area contributed by atoms with Crippen LogP contribution in [0, 0.1) is 11.6 Å². The molecule has 0 spiro atoms. The number of aromatic amines is 1. The second-order valence-electron chi connectivity index (χ2n) is 4.24. The number of benzene rings is 1. The molecule has 22 heavy (non-hydrogen) atoms. The number of halogens is 2. The number of nitrogens with zero attached hydrogens (tertiary/aromatic N) is 2. The molecule has 1 aromatic carbocycles. The summed E-state index contributed by atoms with van der Waals surface area (Å²) in [4.78, 5) is 21.6. The Hall–Kier alpha value is -2.81. The minimum absolute atomic E-state index is 0.0574. The maximum absolute atomic E-state index is 13.5. The van der Waals surface area contributed by atoms with Gasteiger partial charge in [-0.05, 0) is 12.1 Å². The van der Waals surface area contributed by atoms with Gasteiger partial charge >= 0.3 is 0 Å². The van der Waals surface area contributed by atoms with Crippen LogP contribution in [0.1, 0.15) is 5.69 Å². The summed E-state index contributed by atoms with van der Waals surface area (Å²) in [5.74, 6) is -1.82. The molecular weight excluding hydrogens is 296 g/mol. The third-order valence-corrected chi connectivity index (χ3v) is 2.49. The quantitative estimate of drug-likeness (QED) is 0.582. The molecule has 2 aromatic rings. The fraction of sp³-hybridized carbons (Fsp3) is 0.154. The maximum Gasteiger partial charge on any atom is 0.252 e. The number of ether oxygens (including phenoxy) is 1. The van der Waals surface area contributed by atoms with Crippen molar-refractivity contribution in [2.75, 3.05) is 12.4 Å². The Bertz CT molecular complexity index is 760. The zero-order valence-corrected chi connectivity index (χ0v) is 11.6. The predicted molar refractivity (Wildman–Crippen MR) is 76.8 cm³/mol. The van der Waals surface area contributed by atoms with Gasteiger partial charge in [-0.1, -0.05) is 0 Å². The van der Waals surface area contributed by atoms with Crippen LogP contribution >= 0.6 is 0 Å². The number of methoxy groups -OCH3 is 1. The Morgan fingerprint density at radius 3 is 2.91 bits per heavy atom. The van der Waals surface area contributed by atoms with Gasteiger partial charge in [-0.2, -0.15) is 4.99 Å². The molecule has 1 aromatic heterocycles. The largest absolute Gasteiger partial charge is 0.378 e. The predicted octanol–water partition coefficient (Wildman–Crippen LogP) is 1.25. The molecule has 7 nitrogen and oxygen atoms in total. The molecule has 0 saturated heterocycles. The summed E-state index contributed by atoms with van der Waals surface area (Å²) >= 11 is 0. The van der Waals surface area contributed by atoms with Crippen molar-refractivity contribution in [2.45, 2.75) is 6.61 Å². The lowest BCUT2D eigenvalue weighted by molar-refractivity contribution is 0.181. The number of hydrogen-bond acceptors (Lipinski definition) is 4. The van der Waals surface area contributed by atoms with Crippen LogP contribution in [-0.2, 0) is 11.3 Å². The number of hydrogen-bond donors (Lipinski definition) is 3. The Labute approximate surface area is 123 Å². The van der Waals surface area contributed by atoms with E-state index in [-0.39, 0.29) is 24.2 Å². The van der Waals surface area contributed by atoms with Crippen LogP contribution in [0.15, 0.2) is 34.1 Å². The van der Waals surface area contributed by atoms with Crippen molar-refractivity contribution in [3.63, 3.8) is 0 Å². The van der Waals surface area contributed by atoms with Crippen molar-refractivity contribution >= 4 is 17.6 Å². The molecule has 2 rings (SSSR count). The van der Waals surface area contributed by atoms with Gasteiger partial charge in [0, 0.05) is 19.2 Å². The van der Waals surface area contributed by atoms with Gasteiger partial charge in [0.15, 0.2) is 0 Å². The molecule has 0 fully saturated rings. The monoisotopic (exact) mass is 309 g/mol. The van der Waals surface area contributed by atoms with Crippen LogP contribution in [0.4, 0.5) is 20.4 Å². The number of aromatic nitrogens is 2. The summed E-state index contributed by atoms with van der Waals surface area (Å²) in [5, 5.41) is 2.45. The molecule has 0 radical (unpaired) electrons. The summed E-state index contributed by atoms with van der Waals surface area (Å²) in [6, 6.07) is 4.20. The lowest BCUT2D eigenvalue weighted by Crippen LogP contribution is -2.23. The second-order valence-corrected chi connectivity index (χ2v) is 4.24.